The maximum atomic E-state index is 12.2. The first-order valence-electron chi connectivity index (χ1n) is 6.19. The summed E-state index contributed by atoms with van der Waals surface area (Å²) < 4.78 is 5.37. The molecule has 0 aromatic heterocycles. The molecule has 1 rings (SSSR count). The van der Waals surface area contributed by atoms with Crippen molar-refractivity contribution >= 4 is 5.97 Å². The lowest BCUT2D eigenvalue weighted by Gasteiger charge is -2.23. The van der Waals surface area contributed by atoms with Crippen molar-refractivity contribution in [3.8, 4) is 0 Å². The number of carbonyl (C=O) groups excluding carboxylic acids is 1. The number of esters is 1. The first kappa shape index (κ1) is 15.4. The number of benzene rings is 1. The molecular formula is C15H21NO3. The molecule has 2 atom stereocenters. The van der Waals surface area contributed by atoms with Gasteiger partial charge in [0.05, 0.1) is 0 Å². The van der Waals surface area contributed by atoms with Gasteiger partial charge >= 0.3 is 5.97 Å². The van der Waals surface area contributed by atoms with Crippen molar-refractivity contribution < 1.29 is 14.6 Å². The van der Waals surface area contributed by atoms with Crippen LogP contribution in [0.25, 0.3) is 0 Å². The lowest BCUT2D eigenvalue weighted by atomic mass is 9.98. The van der Waals surface area contributed by atoms with Crippen LogP contribution >= 0.6 is 0 Å². The summed E-state index contributed by atoms with van der Waals surface area (Å²) in [6, 6.07) is 9.24. The van der Waals surface area contributed by atoms with Crippen LogP contribution in [0, 0.1) is 0 Å². The van der Waals surface area contributed by atoms with E-state index in [-0.39, 0.29) is 5.97 Å². The molecule has 4 nitrogen and oxygen atoms in total. The number of hydrogen-bond acceptors (Lipinski definition) is 4. The fourth-order valence-corrected chi connectivity index (χ4v) is 1.58. The van der Waals surface area contributed by atoms with Crippen LogP contribution < -0.4 is 5.73 Å². The molecule has 3 N–H and O–H groups in total. The Morgan fingerprint density at radius 2 is 1.84 bits per heavy atom. The molecule has 0 saturated heterocycles. The second-order valence-electron chi connectivity index (χ2n) is 5.30. The Morgan fingerprint density at radius 3 is 2.32 bits per heavy atom. The molecule has 0 amide bonds. The largest absolute Gasteiger partial charge is 0.459 e. The molecular weight excluding hydrogens is 242 g/mol. The van der Waals surface area contributed by atoms with Crippen LogP contribution in [0.4, 0.5) is 0 Å². The Kier molecular flexibility index (Phi) is 5.27. The Morgan fingerprint density at radius 1 is 1.26 bits per heavy atom. The molecule has 0 heterocycles. The van der Waals surface area contributed by atoms with Crippen molar-refractivity contribution in [3.05, 3.63) is 48.0 Å². The maximum absolute atomic E-state index is 12.2. The Labute approximate surface area is 113 Å². The van der Waals surface area contributed by atoms with Crippen LogP contribution in [0.1, 0.15) is 32.3 Å². The van der Waals surface area contributed by atoms with E-state index >= 15 is 0 Å². The fourth-order valence-electron chi connectivity index (χ4n) is 1.58. The van der Waals surface area contributed by atoms with Gasteiger partial charge < -0.3 is 15.6 Å². The zero-order valence-corrected chi connectivity index (χ0v) is 11.5. The van der Waals surface area contributed by atoms with Gasteiger partial charge in [0.15, 0.2) is 0 Å². The van der Waals surface area contributed by atoms with E-state index in [0.29, 0.717) is 0 Å². The number of nitrogens with two attached hydrogens (primary N) is 1. The molecule has 1 aromatic rings. The number of aliphatic hydroxyl groups is 1. The summed E-state index contributed by atoms with van der Waals surface area (Å²) in [6.45, 7) is 5.44. The van der Waals surface area contributed by atoms with Gasteiger partial charge in [-0.15, -0.1) is 0 Å². The molecule has 0 aliphatic carbocycles. The minimum atomic E-state index is -1.09. The van der Waals surface area contributed by atoms with Crippen LogP contribution in [-0.4, -0.2) is 22.9 Å². The van der Waals surface area contributed by atoms with Crippen molar-refractivity contribution in [2.24, 2.45) is 5.73 Å². The standard InChI is InChI=1S/C15H21NO3/c1-15(2,3)19-14(18)12(9-10-13(16)17)11-7-5-4-6-8-11/h4-10,12-13,17H,16H2,1-3H3. The number of rotatable bonds is 4. The van der Waals surface area contributed by atoms with E-state index in [1.807, 2.05) is 51.1 Å². The monoisotopic (exact) mass is 263 g/mol. The average molecular weight is 263 g/mol. The molecule has 104 valence electrons. The highest BCUT2D eigenvalue weighted by Gasteiger charge is 2.24. The number of hydrogen-bond donors (Lipinski definition) is 2. The van der Waals surface area contributed by atoms with Crippen LogP contribution in [0.3, 0.4) is 0 Å². The Hall–Kier alpha value is -1.65. The first-order valence-corrected chi connectivity index (χ1v) is 6.19. The highest BCUT2D eigenvalue weighted by atomic mass is 16.6. The molecule has 0 bridgehead atoms. The van der Waals surface area contributed by atoms with Gasteiger partial charge in [0.2, 0.25) is 0 Å². The second kappa shape index (κ2) is 6.50. The topological polar surface area (TPSA) is 72.5 Å². The molecule has 1 aromatic carbocycles. The van der Waals surface area contributed by atoms with E-state index in [1.165, 1.54) is 6.08 Å². The highest BCUT2D eigenvalue weighted by molar-refractivity contribution is 5.80. The third-order valence-electron chi connectivity index (χ3n) is 2.32. The molecule has 0 spiro atoms. The average Bonchev–Trinajstić information content (AvgIpc) is 2.27. The van der Waals surface area contributed by atoms with Crippen LogP contribution in [0.2, 0.25) is 0 Å². The van der Waals surface area contributed by atoms with Crippen molar-refractivity contribution in [3.63, 3.8) is 0 Å². The molecule has 0 fully saturated rings. The van der Waals surface area contributed by atoms with Gasteiger partial charge in [-0.1, -0.05) is 36.4 Å². The lowest BCUT2D eigenvalue weighted by Crippen LogP contribution is -2.27. The minimum Gasteiger partial charge on any atom is -0.459 e. The van der Waals surface area contributed by atoms with E-state index < -0.39 is 17.7 Å². The van der Waals surface area contributed by atoms with E-state index in [4.69, 9.17) is 15.6 Å². The van der Waals surface area contributed by atoms with Gasteiger partial charge in [-0.3, -0.25) is 4.79 Å². The molecule has 2 unspecified atom stereocenters. The predicted octanol–water partition coefficient (Wildman–Crippen LogP) is 1.95. The Bertz CT molecular complexity index is 432. The van der Waals surface area contributed by atoms with Gasteiger partial charge in [-0.25, -0.2) is 0 Å². The predicted molar refractivity (Wildman–Crippen MR) is 74.4 cm³/mol. The summed E-state index contributed by atoms with van der Waals surface area (Å²) in [4.78, 5) is 12.2. The fraction of sp³-hybridized carbons (Fsp3) is 0.400. The lowest BCUT2D eigenvalue weighted by molar-refractivity contribution is -0.155. The van der Waals surface area contributed by atoms with Crippen molar-refractivity contribution in [1.82, 2.24) is 0 Å². The highest BCUT2D eigenvalue weighted by Crippen LogP contribution is 2.22. The van der Waals surface area contributed by atoms with Gasteiger partial charge in [0, 0.05) is 0 Å². The third kappa shape index (κ3) is 5.68. The normalized spacial score (nSPS) is 15.2. The molecule has 0 saturated carbocycles. The van der Waals surface area contributed by atoms with Crippen molar-refractivity contribution in [2.45, 2.75) is 38.5 Å². The van der Waals surface area contributed by atoms with E-state index in [1.54, 1.807) is 6.08 Å². The smallest absolute Gasteiger partial charge is 0.317 e. The van der Waals surface area contributed by atoms with Crippen molar-refractivity contribution in [1.29, 1.82) is 0 Å². The zero-order chi connectivity index (χ0) is 14.5. The molecule has 0 aliphatic rings. The molecule has 4 heteroatoms. The molecule has 19 heavy (non-hydrogen) atoms. The Balaban J connectivity index is 2.96. The third-order valence-corrected chi connectivity index (χ3v) is 2.32. The summed E-state index contributed by atoms with van der Waals surface area (Å²) in [7, 11) is 0. The number of aliphatic hydroxyl groups excluding tert-OH is 1. The summed E-state index contributed by atoms with van der Waals surface area (Å²) in [5, 5.41) is 9.10. The quantitative estimate of drug-likeness (QED) is 0.495. The molecule has 0 aliphatic heterocycles. The van der Waals surface area contributed by atoms with Gasteiger partial charge in [-0.05, 0) is 32.4 Å². The summed E-state index contributed by atoms with van der Waals surface area (Å²) in [6.07, 6.45) is 1.85. The van der Waals surface area contributed by atoms with E-state index in [9.17, 15) is 4.79 Å². The number of ether oxygens (including phenoxy) is 1. The first-order chi connectivity index (χ1) is 8.79. The summed E-state index contributed by atoms with van der Waals surface area (Å²) in [5.74, 6) is -0.936. The van der Waals surface area contributed by atoms with Gasteiger partial charge in [0.1, 0.15) is 17.7 Å². The number of carbonyl (C=O) groups is 1. The van der Waals surface area contributed by atoms with Crippen molar-refractivity contribution in [2.75, 3.05) is 0 Å². The van der Waals surface area contributed by atoms with Gasteiger partial charge in [0.25, 0.3) is 0 Å². The van der Waals surface area contributed by atoms with Gasteiger partial charge in [-0.2, -0.15) is 0 Å². The van der Waals surface area contributed by atoms with Crippen LogP contribution in [-0.2, 0) is 9.53 Å². The maximum Gasteiger partial charge on any atom is 0.317 e. The summed E-state index contributed by atoms with van der Waals surface area (Å²) >= 11 is 0. The van der Waals surface area contributed by atoms with Crippen LogP contribution in [0.15, 0.2) is 42.5 Å². The van der Waals surface area contributed by atoms with Crippen LogP contribution in [0.5, 0.6) is 0 Å². The van der Waals surface area contributed by atoms with E-state index in [0.717, 1.165) is 5.56 Å². The molecule has 0 radical (unpaired) electrons. The SMILES string of the molecule is CC(C)(C)OC(=O)C(C=CC(N)O)c1ccccc1. The minimum absolute atomic E-state index is 0.365. The summed E-state index contributed by atoms with van der Waals surface area (Å²) in [5.41, 5.74) is 5.51. The zero-order valence-electron chi connectivity index (χ0n) is 11.5. The second-order valence-corrected chi connectivity index (χ2v) is 5.30. The van der Waals surface area contributed by atoms with E-state index in [2.05, 4.69) is 0 Å².